The average Bonchev–Trinajstić information content (AvgIpc) is 2.88. The lowest BCUT2D eigenvalue weighted by molar-refractivity contribution is 0.419. The molecule has 3 aromatic rings. The van der Waals surface area contributed by atoms with Gasteiger partial charge >= 0.3 is 0 Å². The zero-order chi connectivity index (χ0) is 25.3. The van der Waals surface area contributed by atoms with Crippen molar-refractivity contribution in [2.24, 2.45) is 0 Å². The zero-order valence-electron chi connectivity index (χ0n) is 18.8. The molecule has 36 heavy (non-hydrogen) atoms. The predicted octanol–water partition coefficient (Wildman–Crippen LogP) is 3.38. The minimum atomic E-state index is -3.88. The maximum absolute atomic E-state index is 12.7. The fraction of sp³-hybridized carbons (Fsp3) is 0.0417. The quantitative estimate of drug-likeness (QED) is 0.235. The molecule has 3 N–H and O–H groups in total. The van der Waals surface area contributed by atoms with E-state index in [1.165, 1.54) is 36.7 Å². The summed E-state index contributed by atoms with van der Waals surface area (Å²) in [7, 11) is -2.34. The van der Waals surface area contributed by atoms with Crippen molar-refractivity contribution in [1.82, 2.24) is 19.9 Å². The highest BCUT2D eigenvalue weighted by Gasteiger charge is 2.18. The van der Waals surface area contributed by atoms with Crippen LogP contribution in [0.4, 0.5) is 17.3 Å². The van der Waals surface area contributed by atoms with Gasteiger partial charge in [-0.05, 0) is 42.5 Å². The van der Waals surface area contributed by atoms with Crippen molar-refractivity contribution in [3.63, 3.8) is 0 Å². The van der Waals surface area contributed by atoms with Gasteiger partial charge in [-0.3, -0.25) is 0 Å². The highest BCUT2D eigenvalue weighted by atomic mass is 32.2. The van der Waals surface area contributed by atoms with E-state index in [1.54, 1.807) is 37.4 Å². The molecule has 1 aliphatic heterocycles. The van der Waals surface area contributed by atoms with E-state index in [0.717, 1.165) is 5.39 Å². The normalized spacial score (nSPS) is 11.4. The molecule has 2 aromatic carbocycles. The first-order chi connectivity index (χ1) is 17.4. The second-order valence-electron chi connectivity index (χ2n) is 7.70. The number of rotatable bonds is 6. The van der Waals surface area contributed by atoms with Crippen molar-refractivity contribution in [2.75, 3.05) is 17.1 Å². The number of ether oxygens (including phenoxy) is 1. The largest absolute Gasteiger partial charge is 0.612 e. The van der Waals surface area contributed by atoms with Gasteiger partial charge in [0.25, 0.3) is 10.0 Å². The van der Waals surface area contributed by atoms with E-state index in [2.05, 4.69) is 25.0 Å². The first kappa shape index (κ1) is 22.9. The monoisotopic (exact) mass is 503 g/mol. The number of methoxy groups -OCH3 is 1. The Morgan fingerprint density at radius 3 is 2.42 bits per heavy atom. The van der Waals surface area contributed by atoms with Gasteiger partial charge in [0, 0.05) is 41.2 Å². The minimum Gasteiger partial charge on any atom is -0.612 e. The topological polar surface area (TPSA) is 158 Å². The van der Waals surface area contributed by atoms with E-state index in [0.29, 0.717) is 33.9 Å². The van der Waals surface area contributed by atoms with Gasteiger partial charge in [0.1, 0.15) is 5.75 Å². The van der Waals surface area contributed by atoms with Crippen LogP contribution in [-0.4, -0.2) is 30.5 Å². The van der Waals surface area contributed by atoms with Crippen LogP contribution in [0.3, 0.4) is 0 Å². The summed E-state index contributed by atoms with van der Waals surface area (Å²) in [6.45, 7) is 0. The molecule has 2 heterocycles. The van der Waals surface area contributed by atoms with E-state index < -0.39 is 14.9 Å². The van der Waals surface area contributed by atoms with Crippen molar-refractivity contribution in [1.29, 1.82) is 0 Å². The van der Waals surface area contributed by atoms with Gasteiger partial charge in [-0.2, -0.15) is 4.90 Å². The first-order valence-corrected chi connectivity index (χ1v) is 12.1. The van der Waals surface area contributed by atoms with Gasteiger partial charge in [-0.25, -0.2) is 23.1 Å². The Kier molecular flexibility index (Phi) is 5.78. The van der Waals surface area contributed by atoms with Crippen molar-refractivity contribution >= 4 is 38.2 Å². The lowest BCUT2D eigenvalue weighted by Crippen LogP contribution is -2.18. The van der Waals surface area contributed by atoms with E-state index in [4.69, 9.17) is 4.74 Å². The average molecular weight is 504 g/mol. The summed E-state index contributed by atoms with van der Waals surface area (Å²) < 4.78 is 33.2. The minimum absolute atomic E-state index is 0.0267. The molecule has 0 unspecified atom stereocenters. The summed E-state index contributed by atoms with van der Waals surface area (Å²) in [5, 5.41) is 26.7. The molecule has 5 rings (SSSR count). The smallest absolute Gasteiger partial charge is 0.264 e. The highest BCUT2D eigenvalue weighted by molar-refractivity contribution is 7.92. The van der Waals surface area contributed by atoms with E-state index in [-0.39, 0.29) is 16.2 Å². The summed E-state index contributed by atoms with van der Waals surface area (Å²) >= 11 is 0. The number of nitrogens with one attached hydrogen (secondary N) is 3. The number of anilines is 3. The molecule has 1 aromatic heterocycles. The Balaban J connectivity index is 1.56. The van der Waals surface area contributed by atoms with Crippen LogP contribution >= 0.6 is 0 Å². The van der Waals surface area contributed by atoms with E-state index in [9.17, 15) is 18.8 Å². The fourth-order valence-electron chi connectivity index (χ4n) is 3.81. The Hall–Kier alpha value is -4.84. The summed E-state index contributed by atoms with van der Waals surface area (Å²) in [6.07, 6.45) is 2.88. The second-order valence-corrected chi connectivity index (χ2v) is 9.38. The molecule has 182 valence electrons. The van der Waals surface area contributed by atoms with Crippen LogP contribution in [0.1, 0.15) is 0 Å². The second kappa shape index (κ2) is 9.07. The van der Waals surface area contributed by atoms with Crippen LogP contribution in [0, 0.1) is 10.4 Å². The molecule has 0 saturated heterocycles. The molecular weight excluding hydrogens is 484 g/mol. The number of hydrogen-bond donors (Lipinski definition) is 3. The number of benzene rings is 3. The van der Waals surface area contributed by atoms with Crippen LogP contribution in [0.25, 0.3) is 22.2 Å². The molecule has 0 spiro atoms. The molecule has 0 saturated carbocycles. The first-order valence-electron chi connectivity index (χ1n) is 10.6. The van der Waals surface area contributed by atoms with Gasteiger partial charge < -0.3 is 25.5 Å². The van der Waals surface area contributed by atoms with Crippen LogP contribution in [0.15, 0.2) is 84.0 Å². The molecule has 0 atom stereocenters. The van der Waals surface area contributed by atoms with E-state index in [1.807, 2.05) is 12.1 Å². The number of hydrogen-bond acceptors (Lipinski definition) is 8. The van der Waals surface area contributed by atoms with Crippen molar-refractivity contribution in [2.45, 2.75) is 4.90 Å². The van der Waals surface area contributed by atoms with Crippen molar-refractivity contribution < 1.29 is 13.2 Å². The number of sulfonamides is 1. The van der Waals surface area contributed by atoms with Gasteiger partial charge in [0.2, 0.25) is 11.3 Å². The molecule has 0 amide bonds. The third kappa shape index (κ3) is 4.32. The van der Waals surface area contributed by atoms with Crippen LogP contribution in [0.5, 0.6) is 5.75 Å². The van der Waals surface area contributed by atoms with Gasteiger partial charge in [-0.1, -0.05) is 12.1 Å². The summed E-state index contributed by atoms with van der Waals surface area (Å²) in [6, 6.07) is 17.8. The van der Waals surface area contributed by atoms with E-state index >= 15 is 0 Å². The van der Waals surface area contributed by atoms with Crippen molar-refractivity contribution in [3.8, 4) is 17.0 Å². The molecule has 0 bridgehead atoms. The Morgan fingerprint density at radius 2 is 1.72 bits per heavy atom. The van der Waals surface area contributed by atoms with Crippen LogP contribution in [-0.2, 0) is 10.0 Å². The standard InChI is InChI=1S/C24H19N6O5S/c1-35-21-5-2-4-19-22(18-11-8-16(30(31)32)14-20(18)28-23(19)21)27-15-6-9-17(10-7-15)36(33,34)29-24-25-12-3-13-26-24/h2-14,27-28H,1H3,(H-,25,26,29,31,32)/q-1. The molecular formula is C24H19N6O5S-. The number of para-hydroxylation sites is 1. The third-order valence-corrected chi connectivity index (χ3v) is 6.83. The van der Waals surface area contributed by atoms with Gasteiger partial charge in [-0.15, -0.1) is 0 Å². The Morgan fingerprint density at radius 1 is 0.972 bits per heavy atom. The molecule has 0 fully saturated rings. The Bertz CT molecular complexity index is 1700. The number of pyridine rings is 1. The SMILES string of the molecule is COc1cccc2c(Nc3ccc(S(=O)(=O)Nc4ncccn4)cc3)c3ccc(=[N+]([O-])[O-])cc-3[nH]c12. The lowest BCUT2D eigenvalue weighted by atomic mass is 10.0. The summed E-state index contributed by atoms with van der Waals surface area (Å²) in [5.74, 6) is 0.542. The fourth-order valence-corrected chi connectivity index (χ4v) is 4.77. The number of nitrogens with zero attached hydrogens (tertiary/aromatic N) is 3. The molecule has 11 nitrogen and oxygen atoms in total. The Labute approximate surface area is 205 Å². The summed E-state index contributed by atoms with van der Waals surface area (Å²) in [5.41, 5.74) is 3.19. The maximum Gasteiger partial charge on any atom is 0.264 e. The molecule has 12 heteroatoms. The highest BCUT2D eigenvalue weighted by Crippen LogP contribution is 2.39. The lowest BCUT2D eigenvalue weighted by Gasteiger charge is -2.19. The van der Waals surface area contributed by atoms with Crippen molar-refractivity contribution in [3.05, 3.63) is 94.9 Å². The number of fused-ring (bicyclic) bond motifs is 2. The van der Waals surface area contributed by atoms with Crippen LogP contribution < -0.4 is 25.0 Å². The molecule has 1 aliphatic carbocycles. The third-order valence-electron chi connectivity index (χ3n) is 5.48. The molecule has 0 radical (unpaired) electrons. The zero-order valence-corrected chi connectivity index (χ0v) is 19.6. The molecule has 2 aliphatic rings. The predicted molar refractivity (Wildman–Crippen MR) is 136 cm³/mol. The number of aromatic amines is 1. The maximum atomic E-state index is 12.7. The van der Waals surface area contributed by atoms with Gasteiger partial charge in [0.05, 0.1) is 28.9 Å². The van der Waals surface area contributed by atoms with Crippen LogP contribution in [0.2, 0.25) is 0 Å². The number of aromatic nitrogens is 3. The number of H-pyrrole nitrogens is 1. The summed E-state index contributed by atoms with van der Waals surface area (Å²) in [4.78, 5) is 10.6. The van der Waals surface area contributed by atoms with Gasteiger partial charge in [0.15, 0.2) is 0 Å².